The molecule has 0 N–H and O–H groups in total. The lowest BCUT2D eigenvalue weighted by atomic mass is 10.1. The molecular weight excluding hydrogens is 240 g/mol. The summed E-state index contributed by atoms with van der Waals surface area (Å²) >= 11 is 0. The van der Waals surface area contributed by atoms with Crippen LogP contribution in [0.3, 0.4) is 0 Å². The second-order valence-electron chi connectivity index (χ2n) is 4.15. The van der Waals surface area contributed by atoms with Gasteiger partial charge in [0.05, 0.1) is 0 Å². The fourth-order valence-corrected chi connectivity index (χ4v) is 1.95. The molecular formula is C10H16F4N2O. The maximum absolute atomic E-state index is 12.9. The smallest absolute Gasteiger partial charge is 0.334 e. The Morgan fingerprint density at radius 2 is 2.00 bits per heavy atom. The molecule has 0 aromatic carbocycles. The summed E-state index contributed by atoms with van der Waals surface area (Å²) in [5, 5.41) is 0. The van der Waals surface area contributed by atoms with E-state index in [1.54, 1.807) is 6.92 Å². The highest BCUT2D eigenvalue weighted by atomic mass is 19.3. The van der Waals surface area contributed by atoms with Crippen LogP contribution in [0.1, 0.15) is 13.8 Å². The molecule has 1 saturated heterocycles. The molecule has 1 aliphatic heterocycles. The first-order chi connectivity index (χ1) is 7.80. The number of nitrogens with zero attached hydrogens (tertiary/aromatic N) is 2. The zero-order chi connectivity index (χ0) is 13.2. The SMILES string of the molecule is CCN1CCN(C(=O)C(F)(F)C(F)F)CC1C. The number of likely N-dealkylation sites (N-methyl/N-ethyl adjacent to an activating group) is 1. The summed E-state index contributed by atoms with van der Waals surface area (Å²) in [7, 11) is 0. The van der Waals surface area contributed by atoms with E-state index in [0.29, 0.717) is 6.54 Å². The van der Waals surface area contributed by atoms with E-state index < -0.39 is 18.3 Å². The van der Waals surface area contributed by atoms with Crippen molar-refractivity contribution >= 4 is 5.91 Å². The van der Waals surface area contributed by atoms with Crippen LogP contribution in [0.25, 0.3) is 0 Å². The quantitative estimate of drug-likeness (QED) is 0.713. The molecule has 1 aliphatic rings. The lowest BCUT2D eigenvalue weighted by Gasteiger charge is -2.40. The first-order valence-electron chi connectivity index (χ1n) is 5.50. The van der Waals surface area contributed by atoms with Gasteiger partial charge in [-0.2, -0.15) is 8.78 Å². The van der Waals surface area contributed by atoms with E-state index >= 15 is 0 Å². The highest BCUT2D eigenvalue weighted by molar-refractivity contribution is 5.84. The average molecular weight is 256 g/mol. The predicted molar refractivity (Wildman–Crippen MR) is 54.2 cm³/mol. The summed E-state index contributed by atoms with van der Waals surface area (Å²) in [6.07, 6.45) is -3.95. The Labute approximate surface area is 97.4 Å². The highest BCUT2D eigenvalue weighted by Gasteiger charge is 2.51. The highest BCUT2D eigenvalue weighted by Crippen LogP contribution is 2.26. The fourth-order valence-electron chi connectivity index (χ4n) is 1.95. The van der Waals surface area contributed by atoms with E-state index in [9.17, 15) is 22.4 Å². The van der Waals surface area contributed by atoms with Gasteiger partial charge in [0.1, 0.15) is 0 Å². The minimum atomic E-state index is -4.58. The number of piperazine rings is 1. The Hall–Kier alpha value is -0.850. The average Bonchev–Trinajstić information content (AvgIpc) is 2.27. The van der Waals surface area contributed by atoms with Gasteiger partial charge in [0.15, 0.2) is 0 Å². The van der Waals surface area contributed by atoms with Crippen molar-refractivity contribution < 1.29 is 22.4 Å². The molecule has 1 unspecified atom stereocenters. The van der Waals surface area contributed by atoms with Gasteiger partial charge in [0.2, 0.25) is 0 Å². The third kappa shape index (κ3) is 2.88. The lowest BCUT2D eigenvalue weighted by Crippen LogP contribution is -2.58. The van der Waals surface area contributed by atoms with Gasteiger partial charge >= 0.3 is 12.3 Å². The molecule has 0 saturated carbocycles. The van der Waals surface area contributed by atoms with Gasteiger partial charge in [-0.3, -0.25) is 9.69 Å². The van der Waals surface area contributed by atoms with Crippen molar-refractivity contribution in [2.24, 2.45) is 0 Å². The molecule has 0 radical (unpaired) electrons. The number of alkyl halides is 4. The number of amides is 1. The van der Waals surface area contributed by atoms with Crippen molar-refractivity contribution in [3.8, 4) is 0 Å². The summed E-state index contributed by atoms with van der Waals surface area (Å²) in [6, 6.07) is -0.0915. The molecule has 17 heavy (non-hydrogen) atoms. The van der Waals surface area contributed by atoms with Crippen LogP contribution < -0.4 is 0 Å². The van der Waals surface area contributed by atoms with E-state index in [1.165, 1.54) is 0 Å². The number of carbonyl (C=O) groups is 1. The third-order valence-electron chi connectivity index (χ3n) is 3.02. The second kappa shape index (κ2) is 5.20. The predicted octanol–water partition coefficient (Wildman–Crippen LogP) is 1.44. The molecule has 1 amide bonds. The van der Waals surface area contributed by atoms with E-state index in [1.807, 2.05) is 11.8 Å². The zero-order valence-electron chi connectivity index (χ0n) is 9.80. The first-order valence-corrected chi connectivity index (χ1v) is 5.50. The summed E-state index contributed by atoms with van der Waals surface area (Å²) < 4.78 is 49.9. The molecule has 1 heterocycles. The van der Waals surface area contributed by atoms with Crippen molar-refractivity contribution in [2.45, 2.75) is 32.2 Å². The third-order valence-corrected chi connectivity index (χ3v) is 3.02. The Kier molecular flexibility index (Phi) is 4.35. The Bertz CT molecular complexity index is 285. The molecule has 1 atom stereocenters. The van der Waals surface area contributed by atoms with Crippen LogP contribution in [0.2, 0.25) is 0 Å². The number of hydrogen-bond acceptors (Lipinski definition) is 2. The van der Waals surface area contributed by atoms with Gasteiger partial charge in [0, 0.05) is 25.7 Å². The number of halogens is 4. The van der Waals surface area contributed by atoms with E-state index in [4.69, 9.17) is 0 Å². The first kappa shape index (κ1) is 14.2. The van der Waals surface area contributed by atoms with Crippen LogP contribution in [0.15, 0.2) is 0 Å². The van der Waals surface area contributed by atoms with Gasteiger partial charge in [-0.05, 0) is 13.5 Å². The van der Waals surface area contributed by atoms with Crippen molar-refractivity contribution in [3.05, 3.63) is 0 Å². The lowest BCUT2D eigenvalue weighted by molar-refractivity contribution is -0.183. The maximum atomic E-state index is 12.9. The minimum Gasteiger partial charge on any atom is -0.334 e. The van der Waals surface area contributed by atoms with Gasteiger partial charge < -0.3 is 4.90 Å². The molecule has 0 spiro atoms. The summed E-state index contributed by atoms with van der Waals surface area (Å²) in [6.45, 7) is 5.01. The molecule has 0 aromatic heterocycles. The Balaban J connectivity index is 2.67. The number of rotatable bonds is 3. The Morgan fingerprint density at radius 1 is 1.41 bits per heavy atom. The number of carbonyl (C=O) groups excluding carboxylic acids is 1. The molecule has 3 nitrogen and oxygen atoms in total. The summed E-state index contributed by atoms with van der Waals surface area (Å²) in [5.41, 5.74) is 0. The van der Waals surface area contributed by atoms with E-state index in [-0.39, 0.29) is 19.1 Å². The Morgan fingerprint density at radius 3 is 2.41 bits per heavy atom. The van der Waals surface area contributed by atoms with Gasteiger partial charge in [0.25, 0.3) is 5.91 Å². The second-order valence-corrected chi connectivity index (χ2v) is 4.15. The zero-order valence-corrected chi connectivity index (χ0v) is 9.80. The van der Waals surface area contributed by atoms with E-state index in [2.05, 4.69) is 0 Å². The topological polar surface area (TPSA) is 23.6 Å². The molecule has 1 rings (SSSR count). The van der Waals surface area contributed by atoms with Crippen LogP contribution >= 0.6 is 0 Å². The van der Waals surface area contributed by atoms with Crippen LogP contribution in [0.4, 0.5) is 17.6 Å². The van der Waals surface area contributed by atoms with Crippen LogP contribution in [-0.2, 0) is 4.79 Å². The standard InChI is InChI=1S/C10H16F4N2O/c1-3-15-4-5-16(6-7(15)2)9(17)10(13,14)8(11)12/h7-8H,3-6H2,1-2H3. The molecule has 7 heteroatoms. The minimum absolute atomic E-state index is 0.0645. The van der Waals surface area contributed by atoms with Gasteiger partial charge in [-0.25, -0.2) is 8.78 Å². The fraction of sp³-hybridized carbons (Fsp3) is 0.900. The van der Waals surface area contributed by atoms with Crippen LogP contribution in [0, 0.1) is 0 Å². The normalized spacial score (nSPS) is 23.2. The number of hydrogen-bond donors (Lipinski definition) is 0. The van der Waals surface area contributed by atoms with E-state index in [0.717, 1.165) is 11.4 Å². The molecule has 0 bridgehead atoms. The monoisotopic (exact) mass is 256 g/mol. The van der Waals surface area contributed by atoms with Gasteiger partial charge in [-0.1, -0.05) is 6.92 Å². The van der Waals surface area contributed by atoms with Crippen molar-refractivity contribution in [1.29, 1.82) is 0 Å². The van der Waals surface area contributed by atoms with Crippen LogP contribution in [0.5, 0.6) is 0 Å². The summed E-state index contributed by atoms with van der Waals surface area (Å²) in [5.74, 6) is -6.34. The largest absolute Gasteiger partial charge is 0.383 e. The maximum Gasteiger partial charge on any atom is 0.383 e. The molecule has 1 fully saturated rings. The molecule has 0 aliphatic carbocycles. The van der Waals surface area contributed by atoms with Gasteiger partial charge in [-0.15, -0.1) is 0 Å². The summed E-state index contributed by atoms with van der Waals surface area (Å²) in [4.78, 5) is 14.1. The van der Waals surface area contributed by atoms with Crippen molar-refractivity contribution in [2.75, 3.05) is 26.2 Å². The van der Waals surface area contributed by atoms with Crippen molar-refractivity contribution in [1.82, 2.24) is 9.80 Å². The molecule has 100 valence electrons. The van der Waals surface area contributed by atoms with Crippen LogP contribution in [-0.4, -0.2) is 60.3 Å². The van der Waals surface area contributed by atoms with Crippen molar-refractivity contribution in [3.63, 3.8) is 0 Å². The molecule has 0 aromatic rings.